The van der Waals surface area contributed by atoms with Gasteiger partial charge in [0, 0.05) is 31.2 Å². The number of unbranched alkanes of at least 4 members (excludes halogenated alkanes) is 3. The SMILES string of the molecule is CCCN(CCCCCCNc1nc(/C=C/c2ccccn2)nc2ccc(OC)cc12)C(=N)N.Cl.Cl.Cl. The number of fused-ring (bicyclic) bond motifs is 1. The number of hydrogen-bond donors (Lipinski definition) is 3. The Kier molecular flexibility index (Phi) is 17.0. The van der Waals surface area contributed by atoms with Crippen LogP contribution in [-0.2, 0) is 0 Å². The maximum atomic E-state index is 7.65. The number of rotatable bonds is 13. The predicted octanol–water partition coefficient (Wildman–Crippen LogP) is 6.05. The molecule has 0 saturated carbocycles. The highest BCUT2D eigenvalue weighted by Gasteiger charge is 2.08. The van der Waals surface area contributed by atoms with E-state index in [9.17, 15) is 0 Å². The van der Waals surface area contributed by atoms with Crippen molar-refractivity contribution in [3.8, 4) is 5.75 Å². The van der Waals surface area contributed by atoms with Gasteiger partial charge in [-0.1, -0.05) is 25.8 Å². The summed E-state index contributed by atoms with van der Waals surface area (Å²) in [5.41, 5.74) is 7.37. The predicted molar refractivity (Wildman–Crippen MR) is 162 cm³/mol. The molecule has 204 valence electrons. The van der Waals surface area contributed by atoms with Crippen molar-refractivity contribution in [1.29, 1.82) is 5.41 Å². The summed E-state index contributed by atoms with van der Waals surface area (Å²) in [6, 6.07) is 11.6. The summed E-state index contributed by atoms with van der Waals surface area (Å²) in [4.78, 5) is 15.7. The van der Waals surface area contributed by atoms with Crippen molar-refractivity contribution in [3.63, 3.8) is 0 Å². The van der Waals surface area contributed by atoms with Crippen molar-refractivity contribution in [1.82, 2.24) is 19.9 Å². The van der Waals surface area contributed by atoms with E-state index in [1.807, 2.05) is 53.5 Å². The maximum Gasteiger partial charge on any atom is 0.188 e. The number of pyridine rings is 1. The average molecular weight is 571 g/mol. The number of ether oxygens (including phenoxy) is 1. The molecule has 4 N–H and O–H groups in total. The van der Waals surface area contributed by atoms with Gasteiger partial charge in [-0.3, -0.25) is 10.4 Å². The Hall–Kier alpha value is -2.81. The number of hydrogen-bond acceptors (Lipinski definition) is 6. The maximum absolute atomic E-state index is 7.65. The molecule has 2 heterocycles. The van der Waals surface area contributed by atoms with E-state index in [2.05, 4.69) is 22.2 Å². The number of aromatic nitrogens is 3. The molecule has 0 aliphatic rings. The van der Waals surface area contributed by atoms with Crippen LogP contribution in [0.1, 0.15) is 50.5 Å². The molecule has 3 rings (SSSR count). The van der Waals surface area contributed by atoms with Crippen LogP contribution < -0.4 is 15.8 Å². The fraction of sp³-hybridized carbons (Fsp3) is 0.385. The van der Waals surface area contributed by atoms with Gasteiger partial charge in [-0.05, 0) is 61.7 Å². The van der Waals surface area contributed by atoms with Crippen LogP contribution in [0.15, 0.2) is 42.6 Å². The minimum absolute atomic E-state index is 0. The molecule has 0 amide bonds. The summed E-state index contributed by atoms with van der Waals surface area (Å²) in [7, 11) is 1.66. The Balaban J connectivity index is 0.00000432. The van der Waals surface area contributed by atoms with Crippen LogP contribution in [0, 0.1) is 5.41 Å². The van der Waals surface area contributed by atoms with Gasteiger partial charge in [-0.15, -0.1) is 37.2 Å². The molecule has 1 aromatic carbocycles. The van der Waals surface area contributed by atoms with Crippen molar-refractivity contribution in [2.24, 2.45) is 5.73 Å². The summed E-state index contributed by atoms with van der Waals surface area (Å²) in [5, 5.41) is 12.1. The fourth-order valence-corrected chi connectivity index (χ4v) is 3.71. The summed E-state index contributed by atoms with van der Waals surface area (Å²) in [5.74, 6) is 2.38. The van der Waals surface area contributed by atoms with E-state index >= 15 is 0 Å². The minimum atomic E-state index is 0. The molecule has 3 aromatic rings. The third-order valence-electron chi connectivity index (χ3n) is 5.49. The lowest BCUT2D eigenvalue weighted by Gasteiger charge is -2.21. The molecule has 37 heavy (non-hydrogen) atoms. The number of methoxy groups -OCH3 is 1. The average Bonchev–Trinajstić information content (AvgIpc) is 2.86. The van der Waals surface area contributed by atoms with Gasteiger partial charge in [0.2, 0.25) is 0 Å². The van der Waals surface area contributed by atoms with Gasteiger partial charge in [0.25, 0.3) is 0 Å². The normalized spacial score (nSPS) is 10.2. The highest BCUT2D eigenvalue weighted by molar-refractivity contribution is 5.91. The van der Waals surface area contributed by atoms with Crippen molar-refractivity contribution < 1.29 is 4.74 Å². The number of halogens is 3. The first-order valence-corrected chi connectivity index (χ1v) is 11.9. The Bertz CT molecular complexity index is 1100. The smallest absolute Gasteiger partial charge is 0.188 e. The molecule has 11 heteroatoms. The van der Waals surface area contributed by atoms with E-state index in [4.69, 9.17) is 20.9 Å². The van der Waals surface area contributed by atoms with Gasteiger partial charge in [-0.2, -0.15) is 0 Å². The van der Waals surface area contributed by atoms with Gasteiger partial charge >= 0.3 is 0 Å². The van der Waals surface area contributed by atoms with E-state index in [0.717, 1.165) is 79.9 Å². The number of benzene rings is 1. The molecule has 8 nitrogen and oxygen atoms in total. The number of nitrogens with zero attached hydrogens (tertiary/aromatic N) is 4. The molecule has 0 aliphatic carbocycles. The monoisotopic (exact) mass is 569 g/mol. The van der Waals surface area contributed by atoms with Gasteiger partial charge in [0.15, 0.2) is 11.8 Å². The summed E-state index contributed by atoms with van der Waals surface area (Å²) in [6.07, 6.45) is 10.8. The largest absolute Gasteiger partial charge is 0.497 e. The fourth-order valence-electron chi connectivity index (χ4n) is 3.71. The first-order valence-electron chi connectivity index (χ1n) is 11.9. The van der Waals surface area contributed by atoms with E-state index < -0.39 is 0 Å². The van der Waals surface area contributed by atoms with Gasteiger partial charge in [-0.25, -0.2) is 9.97 Å². The summed E-state index contributed by atoms with van der Waals surface area (Å²) in [6.45, 7) is 4.61. The van der Waals surface area contributed by atoms with Crippen LogP contribution >= 0.6 is 37.2 Å². The molecular formula is C26H38Cl3N7O. The molecular weight excluding hydrogens is 533 g/mol. The molecule has 0 unspecified atom stereocenters. The Morgan fingerprint density at radius 3 is 2.49 bits per heavy atom. The van der Waals surface area contributed by atoms with Crippen LogP contribution in [0.2, 0.25) is 0 Å². The standard InChI is InChI=1S/C26H35N7O.3ClH/c1-3-17-33(26(27)28)18-9-5-4-7-16-30-25-22-19-21(34-2)12-13-23(22)31-24(32-25)14-11-20-10-6-8-15-29-20;;;/h6,8,10-15,19H,3-5,7,9,16-18H2,1-2H3,(H3,27,28)(H,30,31,32);3*1H/b14-11+;;;. The van der Waals surface area contributed by atoms with E-state index in [1.54, 1.807) is 13.3 Å². The number of guanidine groups is 1. The molecule has 0 fully saturated rings. The summed E-state index contributed by atoms with van der Waals surface area (Å²) >= 11 is 0. The lowest BCUT2D eigenvalue weighted by Crippen LogP contribution is -2.37. The number of anilines is 1. The van der Waals surface area contributed by atoms with Gasteiger partial charge < -0.3 is 20.7 Å². The highest BCUT2D eigenvalue weighted by atomic mass is 35.5. The van der Waals surface area contributed by atoms with Crippen molar-refractivity contribution in [2.45, 2.75) is 39.0 Å². The quantitative estimate of drug-likeness (QED) is 0.130. The highest BCUT2D eigenvalue weighted by Crippen LogP contribution is 2.26. The van der Waals surface area contributed by atoms with Crippen molar-refractivity contribution >= 4 is 72.1 Å². The molecule has 0 radical (unpaired) electrons. The van der Waals surface area contributed by atoms with Crippen LogP contribution in [-0.4, -0.2) is 52.6 Å². The molecule has 0 atom stereocenters. The number of nitrogens with one attached hydrogen (secondary N) is 2. The lowest BCUT2D eigenvalue weighted by molar-refractivity contribution is 0.394. The minimum Gasteiger partial charge on any atom is -0.497 e. The topological polar surface area (TPSA) is 113 Å². The molecule has 0 bridgehead atoms. The van der Waals surface area contributed by atoms with E-state index in [1.165, 1.54) is 0 Å². The number of nitrogens with two attached hydrogens (primary N) is 1. The van der Waals surface area contributed by atoms with Crippen molar-refractivity contribution in [2.75, 3.05) is 32.1 Å². The van der Waals surface area contributed by atoms with Crippen LogP contribution in [0.25, 0.3) is 23.1 Å². The molecule has 0 saturated heterocycles. The van der Waals surface area contributed by atoms with Crippen molar-refractivity contribution in [3.05, 3.63) is 54.1 Å². The lowest BCUT2D eigenvalue weighted by atomic mass is 10.1. The summed E-state index contributed by atoms with van der Waals surface area (Å²) < 4.78 is 5.40. The van der Waals surface area contributed by atoms with E-state index in [0.29, 0.717) is 5.82 Å². The molecule has 2 aromatic heterocycles. The first-order chi connectivity index (χ1) is 16.6. The first kappa shape index (κ1) is 34.2. The second kappa shape index (κ2) is 18.4. The second-order valence-electron chi connectivity index (χ2n) is 8.11. The van der Waals surface area contributed by atoms with Gasteiger partial charge in [0.05, 0.1) is 18.3 Å². The van der Waals surface area contributed by atoms with Crippen LogP contribution in [0.5, 0.6) is 5.75 Å². The molecule has 0 aliphatic heterocycles. The van der Waals surface area contributed by atoms with E-state index in [-0.39, 0.29) is 43.2 Å². The second-order valence-corrected chi connectivity index (χ2v) is 8.11. The zero-order valence-corrected chi connectivity index (χ0v) is 23.8. The molecule has 0 spiro atoms. The van der Waals surface area contributed by atoms with Gasteiger partial charge in [0.1, 0.15) is 11.6 Å². The Morgan fingerprint density at radius 2 is 1.81 bits per heavy atom. The Labute approximate surface area is 238 Å². The third-order valence-corrected chi connectivity index (χ3v) is 5.49. The third kappa shape index (κ3) is 11.0. The van der Waals surface area contributed by atoms with Crippen LogP contribution in [0.3, 0.4) is 0 Å². The zero-order valence-electron chi connectivity index (χ0n) is 21.4. The van der Waals surface area contributed by atoms with Crippen LogP contribution in [0.4, 0.5) is 5.82 Å². The Morgan fingerprint density at radius 1 is 1.03 bits per heavy atom. The zero-order chi connectivity index (χ0) is 24.2.